The van der Waals surface area contributed by atoms with E-state index in [1.165, 1.54) is 0 Å². The summed E-state index contributed by atoms with van der Waals surface area (Å²) >= 11 is 0. The Morgan fingerprint density at radius 3 is 2.19 bits per heavy atom. The van der Waals surface area contributed by atoms with Crippen LogP contribution in [0.4, 0.5) is 13.2 Å². The fourth-order valence-electron chi connectivity index (χ4n) is 3.91. The number of nitriles is 1. The summed E-state index contributed by atoms with van der Waals surface area (Å²) in [4.78, 5) is 18.4. The van der Waals surface area contributed by atoms with E-state index in [4.69, 9.17) is 4.84 Å². The number of rotatable bonds is 4. The van der Waals surface area contributed by atoms with E-state index in [9.17, 15) is 23.2 Å². The van der Waals surface area contributed by atoms with E-state index in [1.807, 2.05) is 25.8 Å². The van der Waals surface area contributed by atoms with Crippen molar-refractivity contribution in [3.8, 4) is 6.07 Å². The topological polar surface area (TPSA) is 65.4 Å². The molecule has 0 aromatic heterocycles. The first kappa shape index (κ1) is 22.0. The molecule has 0 atom stereocenters. The molecule has 1 saturated heterocycles. The van der Waals surface area contributed by atoms with Crippen molar-refractivity contribution in [1.29, 1.82) is 5.26 Å². The lowest BCUT2D eigenvalue weighted by Gasteiger charge is -2.40. The Morgan fingerprint density at radius 2 is 1.74 bits per heavy atom. The minimum Gasteiger partial charge on any atom is -0.337 e. The lowest BCUT2D eigenvalue weighted by atomic mass is 9.79. The summed E-state index contributed by atoms with van der Waals surface area (Å²) in [5, 5.41) is 14.3. The van der Waals surface area contributed by atoms with E-state index >= 15 is 0 Å². The summed E-state index contributed by atoms with van der Waals surface area (Å²) < 4.78 is 37.5. The van der Waals surface area contributed by atoms with Gasteiger partial charge in [-0.25, -0.2) is 0 Å². The zero-order valence-corrected chi connectivity index (χ0v) is 16.4. The maximum atomic E-state index is 12.6. The van der Waals surface area contributed by atoms with Crippen molar-refractivity contribution in [3.63, 3.8) is 0 Å². The highest BCUT2D eigenvalue weighted by molar-refractivity contribution is 5.80. The number of halogens is 3. The zero-order chi connectivity index (χ0) is 20.3. The van der Waals surface area contributed by atoms with Gasteiger partial charge in [0.1, 0.15) is 5.54 Å². The molecule has 5 nitrogen and oxygen atoms in total. The molecule has 1 saturated carbocycles. The number of carbonyl (C=O) groups is 1. The van der Waals surface area contributed by atoms with Crippen LogP contribution >= 0.6 is 0 Å². The predicted molar refractivity (Wildman–Crippen MR) is 94.3 cm³/mol. The van der Waals surface area contributed by atoms with Crippen LogP contribution in [0.1, 0.15) is 65.7 Å². The van der Waals surface area contributed by atoms with Gasteiger partial charge in [-0.2, -0.15) is 23.5 Å². The van der Waals surface area contributed by atoms with Gasteiger partial charge in [0.05, 0.1) is 11.7 Å². The van der Waals surface area contributed by atoms with Gasteiger partial charge in [0.25, 0.3) is 0 Å². The molecule has 1 heterocycles. The van der Waals surface area contributed by atoms with Gasteiger partial charge in [-0.3, -0.25) is 9.63 Å². The van der Waals surface area contributed by atoms with Crippen molar-refractivity contribution in [2.75, 3.05) is 13.1 Å². The third kappa shape index (κ3) is 6.96. The summed E-state index contributed by atoms with van der Waals surface area (Å²) in [7, 11) is 0. The van der Waals surface area contributed by atoms with Gasteiger partial charge in [0.15, 0.2) is 0 Å². The van der Waals surface area contributed by atoms with Gasteiger partial charge in [-0.05, 0) is 65.2 Å². The van der Waals surface area contributed by atoms with Crippen LogP contribution in [0.2, 0.25) is 0 Å². The Labute approximate surface area is 159 Å². The van der Waals surface area contributed by atoms with Crippen molar-refractivity contribution in [2.45, 2.75) is 83.0 Å². The highest BCUT2D eigenvalue weighted by Gasteiger charge is 2.40. The Kier molecular flexibility index (Phi) is 6.80. The standard InChI is InChI=1S/C19H30F3N3O2/c1-17(2,3)27-25-10-8-18(13-23,9-11-25)24-16(26)15-6-4-14(5-7-15)12-19(20,21)22/h14-15H,4-12H2,1-3H3,(H,24,26). The molecule has 0 bridgehead atoms. The van der Waals surface area contributed by atoms with Crippen LogP contribution in [-0.4, -0.2) is 41.4 Å². The third-order valence-corrected chi connectivity index (χ3v) is 5.29. The molecule has 0 aromatic rings. The molecule has 0 unspecified atom stereocenters. The first-order valence-electron chi connectivity index (χ1n) is 9.65. The van der Waals surface area contributed by atoms with Crippen LogP contribution in [0.5, 0.6) is 0 Å². The number of hydroxylamine groups is 2. The van der Waals surface area contributed by atoms with E-state index in [0.717, 1.165) is 0 Å². The Morgan fingerprint density at radius 1 is 1.19 bits per heavy atom. The molecule has 2 fully saturated rings. The summed E-state index contributed by atoms with van der Waals surface area (Å²) in [5.74, 6) is -0.896. The number of carbonyl (C=O) groups excluding carboxylic acids is 1. The number of hydrogen-bond donors (Lipinski definition) is 1. The second-order valence-corrected chi connectivity index (χ2v) is 8.85. The molecule has 0 aromatic carbocycles. The number of amides is 1. The van der Waals surface area contributed by atoms with Crippen LogP contribution in [0.15, 0.2) is 0 Å². The number of nitrogens with zero attached hydrogens (tertiary/aromatic N) is 2. The average molecular weight is 389 g/mol. The summed E-state index contributed by atoms with van der Waals surface area (Å²) in [5.41, 5.74) is -1.23. The van der Waals surface area contributed by atoms with Crippen LogP contribution in [0, 0.1) is 23.2 Å². The zero-order valence-electron chi connectivity index (χ0n) is 16.4. The van der Waals surface area contributed by atoms with E-state index in [-0.39, 0.29) is 17.4 Å². The number of nitrogens with one attached hydrogen (secondary N) is 1. The Bertz CT molecular complexity index is 550. The lowest BCUT2D eigenvalue weighted by molar-refractivity contribution is -0.239. The molecule has 2 rings (SSSR count). The Balaban J connectivity index is 1.83. The van der Waals surface area contributed by atoms with Crippen molar-refractivity contribution in [2.24, 2.45) is 11.8 Å². The second kappa shape index (κ2) is 8.36. The molecule has 1 aliphatic carbocycles. The molecule has 2 aliphatic rings. The van der Waals surface area contributed by atoms with Gasteiger partial charge in [-0.1, -0.05) is 0 Å². The van der Waals surface area contributed by atoms with Gasteiger partial charge >= 0.3 is 6.18 Å². The van der Waals surface area contributed by atoms with Crippen LogP contribution in [-0.2, 0) is 9.63 Å². The third-order valence-electron chi connectivity index (χ3n) is 5.29. The predicted octanol–water partition coefficient (Wildman–Crippen LogP) is 3.95. The molecular formula is C19H30F3N3O2. The largest absolute Gasteiger partial charge is 0.389 e. The fourth-order valence-corrected chi connectivity index (χ4v) is 3.91. The van der Waals surface area contributed by atoms with Gasteiger partial charge < -0.3 is 5.32 Å². The quantitative estimate of drug-likeness (QED) is 0.791. The highest BCUT2D eigenvalue weighted by atomic mass is 19.4. The molecule has 1 N–H and O–H groups in total. The molecule has 1 aliphatic heterocycles. The first-order valence-corrected chi connectivity index (χ1v) is 9.65. The average Bonchev–Trinajstić information content (AvgIpc) is 2.55. The van der Waals surface area contributed by atoms with Crippen LogP contribution < -0.4 is 5.32 Å². The van der Waals surface area contributed by atoms with Crippen LogP contribution in [0.3, 0.4) is 0 Å². The highest BCUT2D eigenvalue weighted by Crippen LogP contribution is 2.37. The van der Waals surface area contributed by atoms with Crippen molar-refractivity contribution in [3.05, 3.63) is 0 Å². The van der Waals surface area contributed by atoms with E-state index in [0.29, 0.717) is 51.6 Å². The molecule has 1 amide bonds. The number of alkyl halides is 3. The van der Waals surface area contributed by atoms with E-state index in [1.54, 1.807) is 0 Å². The monoisotopic (exact) mass is 389 g/mol. The summed E-state index contributed by atoms with van der Waals surface area (Å²) in [6.45, 7) is 6.95. The van der Waals surface area contributed by atoms with Crippen molar-refractivity contribution >= 4 is 5.91 Å². The number of piperidine rings is 1. The normalized spacial score (nSPS) is 27.0. The smallest absolute Gasteiger partial charge is 0.337 e. The van der Waals surface area contributed by atoms with E-state index < -0.39 is 24.1 Å². The molecule has 8 heteroatoms. The molecule has 0 radical (unpaired) electrons. The van der Waals surface area contributed by atoms with Crippen molar-refractivity contribution < 1.29 is 22.8 Å². The fraction of sp³-hybridized carbons (Fsp3) is 0.895. The number of hydrogen-bond acceptors (Lipinski definition) is 4. The van der Waals surface area contributed by atoms with E-state index in [2.05, 4.69) is 11.4 Å². The van der Waals surface area contributed by atoms with Gasteiger partial charge in [0, 0.05) is 25.4 Å². The molecule has 0 spiro atoms. The maximum absolute atomic E-state index is 12.6. The first-order chi connectivity index (χ1) is 12.4. The maximum Gasteiger partial charge on any atom is 0.389 e. The summed E-state index contributed by atoms with van der Waals surface area (Å²) in [6.07, 6.45) is -2.26. The van der Waals surface area contributed by atoms with Crippen LogP contribution in [0.25, 0.3) is 0 Å². The SMILES string of the molecule is CC(C)(C)ON1CCC(C#N)(NC(=O)C2CCC(CC(F)(F)F)CC2)CC1. The minimum absolute atomic E-state index is 0.202. The van der Waals surface area contributed by atoms with Gasteiger partial charge in [0.2, 0.25) is 5.91 Å². The molecule has 154 valence electrons. The molecule has 27 heavy (non-hydrogen) atoms. The summed E-state index contributed by atoms with van der Waals surface area (Å²) in [6, 6.07) is 2.25. The lowest BCUT2D eigenvalue weighted by Crippen LogP contribution is -2.56. The molecular weight excluding hydrogens is 359 g/mol. The Hall–Kier alpha value is -1.33. The van der Waals surface area contributed by atoms with Crippen molar-refractivity contribution in [1.82, 2.24) is 10.4 Å². The second-order valence-electron chi connectivity index (χ2n) is 8.85. The minimum atomic E-state index is -4.15. The van der Waals surface area contributed by atoms with Gasteiger partial charge in [-0.15, -0.1) is 0 Å².